The molecule has 0 atom stereocenters. The lowest BCUT2D eigenvalue weighted by Gasteiger charge is -2.11. The molecule has 0 aliphatic heterocycles. The average Bonchev–Trinajstić information content (AvgIpc) is 3.44. The van der Waals surface area contributed by atoms with Gasteiger partial charge in [-0.05, 0) is 43.3 Å². The molecule has 0 amide bonds. The van der Waals surface area contributed by atoms with Gasteiger partial charge in [0.1, 0.15) is 11.6 Å². The SMILES string of the molecule is Cc1cc(-n2ncc(C(=O)c3cc4cc(F)c(NS(C)(=O)=O)cc4[nH]3)c2N)cnc1Oc1c(F)cccc1Cl. The topological polar surface area (TPSA) is 145 Å². The highest BCUT2D eigenvalue weighted by atomic mass is 35.5. The Labute approximate surface area is 225 Å². The van der Waals surface area contributed by atoms with Crippen LogP contribution in [-0.4, -0.2) is 40.2 Å². The van der Waals surface area contributed by atoms with Gasteiger partial charge in [-0.25, -0.2) is 26.9 Å². The number of nitrogens with zero attached hydrogens (tertiary/aromatic N) is 3. The van der Waals surface area contributed by atoms with E-state index in [1.165, 1.54) is 47.4 Å². The molecule has 0 fully saturated rings. The van der Waals surface area contributed by atoms with Crippen LogP contribution in [0.1, 0.15) is 21.6 Å². The summed E-state index contributed by atoms with van der Waals surface area (Å²) >= 11 is 6.03. The van der Waals surface area contributed by atoms with Crippen molar-refractivity contribution in [3.63, 3.8) is 0 Å². The van der Waals surface area contributed by atoms with Crippen molar-refractivity contribution in [1.82, 2.24) is 19.7 Å². The summed E-state index contributed by atoms with van der Waals surface area (Å²) in [5.74, 6) is -2.00. The van der Waals surface area contributed by atoms with Crippen molar-refractivity contribution in [2.75, 3.05) is 16.7 Å². The highest BCUT2D eigenvalue weighted by Crippen LogP contribution is 2.33. The summed E-state index contributed by atoms with van der Waals surface area (Å²) in [4.78, 5) is 20.3. The van der Waals surface area contributed by atoms with Crippen molar-refractivity contribution in [3.05, 3.63) is 88.3 Å². The van der Waals surface area contributed by atoms with Crippen LogP contribution < -0.4 is 15.2 Å². The van der Waals surface area contributed by atoms with Gasteiger partial charge in [0.2, 0.25) is 21.7 Å². The van der Waals surface area contributed by atoms with Crippen molar-refractivity contribution in [1.29, 1.82) is 0 Å². The molecule has 0 aliphatic rings. The molecule has 5 rings (SSSR count). The number of aromatic amines is 1. The van der Waals surface area contributed by atoms with Crippen molar-refractivity contribution >= 4 is 49.8 Å². The zero-order chi connectivity index (χ0) is 28.1. The molecule has 3 heterocycles. The third kappa shape index (κ3) is 5.13. The molecule has 200 valence electrons. The number of ketones is 1. The van der Waals surface area contributed by atoms with Gasteiger partial charge in [0.05, 0.1) is 46.3 Å². The first kappa shape index (κ1) is 26.1. The summed E-state index contributed by atoms with van der Waals surface area (Å²) in [5, 5.41) is 4.63. The van der Waals surface area contributed by atoms with E-state index in [4.69, 9.17) is 22.1 Å². The zero-order valence-electron chi connectivity index (χ0n) is 20.3. The number of hydrogen-bond donors (Lipinski definition) is 3. The molecule has 0 spiro atoms. The molecule has 0 bridgehead atoms. The molecule has 0 radical (unpaired) electrons. The molecule has 3 aromatic heterocycles. The number of benzene rings is 2. The standard InChI is InChI=1S/C25H19ClF2N6O4S/c1-12-6-14(10-30-25(12)38-23-16(26)4-3-5-17(23)27)34-24(29)15(11-31-34)22(35)21-8-13-7-18(28)20(9-19(13)32-21)33-39(2,36)37/h3-11,32-33H,29H2,1-2H3. The fraction of sp³-hybridized carbons (Fsp3) is 0.0800. The first-order valence-corrected chi connectivity index (χ1v) is 13.5. The number of rotatable bonds is 7. The van der Waals surface area contributed by atoms with Gasteiger partial charge in [-0.1, -0.05) is 17.7 Å². The Morgan fingerprint density at radius 1 is 1.15 bits per heavy atom. The van der Waals surface area contributed by atoms with Crippen LogP contribution in [0.4, 0.5) is 20.3 Å². The number of ether oxygens (including phenoxy) is 1. The summed E-state index contributed by atoms with van der Waals surface area (Å²) in [6, 6.07) is 9.57. The third-order valence-corrected chi connectivity index (χ3v) is 6.57. The first-order chi connectivity index (χ1) is 18.4. The van der Waals surface area contributed by atoms with Crippen LogP contribution in [0.2, 0.25) is 5.02 Å². The van der Waals surface area contributed by atoms with Gasteiger partial charge in [-0.3, -0.25) is 9.52 Å². The number of anilines is 2. The van der Waals surface area contributed by atoms with E-state index < -0.39 is 27.4 Å². The van der Waals surface area contributed by atoms with Gasteiger partial charge in [0.15, 0.2) is 11.6 Å². The third-order valence-electron chi connectivity index (χ3n) is 5.68. The molecule has 0 saturated heterocycles. The van der Waals surface area contributed by atoms with E-state index in [1.54, 1.807) is 13.0 Å². The molecule has 0 saturated carbocycles. The Balaban J connectivity index is 1.43. The van der Waals surface area contributed by atoms with Crippen LogP contribution >= 0.6 is 11.6 Å². The maximum atomic E-state index is 14.4. The number of nitrogen functional groups attached to an aromatic ring is 1. The van der Waals surface area contributed by atoms with Crippen LogP contribution in [0, 0.1) is 18.6 Å². The Morgan fingerprint density at radius 2 is 1.92 bits per heavy atom. The van der Waals surface area contributed by atoms with E-state index in [0.29, 0.717) is 22.2 Å². The fourth-order valence-electron chi connectivity index (χ4n) is 3.88. The molecular formula is C25H19ClF2N6O4S. The van der Waals surface area contributed by atoms with Crippen LogP contribution in [0.5, 0.6) is 11.6 Å². The van der Waals surface area contributed by atoms with Gasteiger partial charge >= 0.3 is 0 Å². The van der Waals surface area contributed by atoms with E-state index in [2.05, 4.69) is 19.8 Å². The molecule has 5 aromatic rings. The van der Waals surface area contributed by atoms with Gasteiger partial charge < -0.3 is 15.5 Å². The number of halogens is 3. The molecule has 10 nitrogen and oxygen atoms in total. The van der Waals surface area contributed by atoms with Crippen LogP contribution in [0.3, 0.4) is 0 Å². The smallest absolute Gasteiger partial charge is 0.229 e. The first-order valence-electron chi connectivity index (χ1n) is 11.2. The normalized spacial score (nSPS) is 11.6. The quantitative estimate of drug-likeness (QED) is 0.234. The molecule has 0 unspecified atom stereocenters. The van der Waals surface area contributed by atoms with Gasteiger partial charge in [0, 0.05) is 16.5 Å². The Kier molecular flexibility index (Phi) is 6.48. The monoisotopic (exact) mass is 572 g/mol. The van der Waals surface area contributed by atoms with E-state index in [0.717, 1.165) is 12.3 Å². The summed E-state index contributed by atoms with van der Waals surface area (Å²) in [5.41, 5.74) is 7.40. The fourth-order valence-corrected chi connectivity index (χ4v) is 4.64. The maximum absolute atomic E-state index is 14.4. The van der Waals surface area contributed by atoms with Gasteiger partial charge in [0.25, 0.3) is 0 Å². The minimum atomic E-state index is -3.71. The number of carbonyl (C=O) groups excluding carboxylic acids is 1. The largest absolute Gasteiger partial charge is 0.434 e. The van der Waals surface area contributed by atoms with Crippen LogP contribution in [0.25, 0.3) is 16.6 Å². The molecule has 4 N–H and O–H groups in total. The second-order valence-corrected chi connectivity index (χ2v) is 10.8. The van der Waals surface area contributed by atoms with Crippen LogP contribution in [-0.2, 0) is 10.0 Å². The van der Waals surface area contributed by atoms with Crippen LogP contribution in [0.15, 0.2) is 54.9 Å². The number of carbonyl (C=O) groups is 1. The van der Waals surface area contributed by atoms with E-state index in [-0.39, 0.29) is 39.4 Å². The zero-order valence-corrected chi connectivity index (χ0v) is 21.9. The highest BCUT2D eigenvalue weighted by Gasteiger charge is 2.21. The minimum absolute atomic E-state index is 0.0104. The number of fused-ring (bicyclic) bond motifs is 1. The number of sulfonamides is 1. The molecule has 39 heavy (non-hydrogen) atoms. The number of para-hydroxylation sites is 1. The Morgan fingerprint density at radius 3 is 2.62 bits per heavy atom. The Bertz CT molecular complexity index is 1870. The second-order valence-electron chi connectivity index (χ2n) is 8.63. The predicted molar refractivity (Wildman–Crippen MR) is 142 cm³/mol. The average molecular weight is 573 g/mol. The summed E-state index contributed by atoms with van der Waals surface area (Å²) in [7, 11) is -3.71. The number of aromatic nitrogens is 4. The number of hydrogen-bond acceptors (Lipinski definition) is 7. The summed E-state index contributed by atoms with van der Waals surface area (Å²) in [6.45, 7) is 1.68. The molecule has 0 aliphatic carbocycles. The van der Waals surface area contributed by atoms with E-state index in [1.807, 2.05) is 0 Å². The second kappa shape index (κ2) is 9.67. The predicted octanol–water partition coefficient (Wildman–Crippen LogP) is 4.97. The number of nitrogens with one attached hydrogen (secondary N) is 2. The van der Waals surface area contributed by atoms with Crippen molar-refractivity contribution in [2.24, 2.45) is 0 Å². The lowest BCUT2D eigenvalue weighted by atomic mass is 10.1. The number of nitrogens with two attached hydrogens (primary N) is 1. The molecular weight excluding hydrogens is 554 g/mol. The number of aryl methyl sites for hydroxylation is 1. The van der Waals surface area contributed by atoms with E-state index in [9.17, 15) is 22.0 Å². The van der Waals surface area contributed by atoms with E-state index >= 15 is 0 Å². The molecule has 2 aromatic carbocycles. The number of H-pyrrole nitrogens is 1. The van der Waals surface area contributed by atoms with Crippen molar-refractivity contribution in [2.45, 2.75) is 6.92 Å². The van der Waals surface area contributed by atoms with Gasteiger partial charge in [-0.2, -0.15) is 5.10 Å². The summed E-state index contributed by atoms with van der Waals surface area (Å²) < 4.78 is 60.4. The minimum Gasteiger partial charge on any atom is -0.434 e. The van der Waals surface area contributed by atoms with Crippen molar-refractivity contribution < 1.29 is 26.7 Å². The highest BCUT2D eigenvalue weighted by molar-refractivity contribution is 7.92. The summed E-state index contributed by atoms with van der Waals surface area (Å²) in [6.07, 6.45) is 3.56. The number of pyridine rings is 1. The van der Waals surface area contributed by atoms with Crippen molar-refractivity contribution in [3.8, 4) is 17.3 Å². The maximum Gasteiger partial charge on any atom is 0.229 e. The van der Waals surface area contributed by atoms with Gasteiger partial charge in [-0.15, -0.1) is 0 Å². The lowest BCUT2D eigenvalue weighted by Crippen LogP contribution is -2.10. The Hall–Kier alpha value is -4.49. The lowest BCUT2D eigenvalue weighted by molar-refractivity contribution is 0.103. The molecule has 14 heteroatoms.